The molecule has 3 N–H and O–H groups in total. The number of hydrogen-bond acceptors (Lipinski definition) is 4. The minimum Gasteiger partial charge on any atom is -0.354 e. The van der Waals surface area contributed by atoms with Crippen molar-refractivity contribution in [2.24, 2.45) is 5.73 Å². The van der Waals surface area contributed by atoms with E-state index in [1.807, 2.05) is 0 Å². The summed E-state index contributed by atoms with van der Waals surface area (Å²) < 4.78 is 41.4. The number of amides is 1. The molecule has 134 valence electrons. The van der Waals surface area contributed by atoms with Crippen molar-refractivity contribution in [2.75, 3.05) is 19.6 Å². The molecule has 0 radical (unpaired) electrons. The fraction of sp³-hybridized carbons (Fsp3) is 0.562. The number of nitrogens with two attached hydrogens (primary N) is 1. The summed E-state index contributed by atoms with van der Waals surface area (Å²) in [6.07, 6.45) is 2.43. The quantitative estimate of drug-likeness (QED) is 0.799. The average molecular weight is 357 g/mol. The summed E-state index contributed by atoms with van der Waals surface area (Å²) >= 11 is 0. The van der Waals surface area contributed by atoms with Gasteiger partial charge in [-0.25, -0.2) is 12.8 Å². The van der Waals surface area contributed by atoms with Crippen molar-refractivity contribution >= 4 is 15.9 Å². The van der Waals surface area contributed by atoms with Gasteiger partial charge in [-0.1, -0.05) is 18.6 Å². The van der Waals surface area contributed by atoms with Crippen molar-refractivity contribution in [1.29, 1.82) is 0 Å². The number of benzene rings is 1. The van der Waals surface area contributed by atoms with E-state index in [0.717, 1.165) is 12.8 Å². The van der Waals surface area contributed by atoms with Crippen LogP contribution in [0.25, 0.3) is 0 Å². The van der Waals surface area contributed by atoms with Crippen LogP contribution in [0, 0.1) is 12.7 Å². The summed E-state index contributed by atoms with van der Waals surface area (Å²) in [5.41, 5.74) is 5.63. The number of aryl methyl sites for hydroxylation is 1. The molecule has 1 saturated heterocycles. The van der Waals surface area contributed by atoms with Gasteiger partial charge < -0.3 is 11.1 Å². The molecule has 1 unspecified atom stereocenters. The van der Waals surface area contributed by atoms with Crippen molar-refractivity contribution in [3.8, 4) is 0 Å². The second-order valence-electron chi connectivity index (χ2n) is 6.00. The lowest BCUT2D eigenvalue weighted by Crippen LogP contribution is -2.49. The number of sulfonamides is 1. The van der Waals surface area contributed by atoms with Crippen molar-refractivity contribution in [2.45, 2.75) is 43.5 Å². The first-order valence-corrected chi connectivity index (χ1v) is 9.55. The predicted molar refractivity (Wildman–Crippen MR) is 89.3 cm³/mol. The molecule has 2 rings (SSSR count). The molecule has 0 aromatic heterocycles. The molecule has 1 aromatic rings. The molecule has 0 aliphatic carbocycles. The summed E-state index contributed by atoms with van der Waals surface area (Å²) in [5, 5.41) is 2.71. The molecule has 0 spiro atoms. The molecular formula is C16H24FN3O3S. The summed E-state index contributed by atoms with van der Waals surface area (Å²) in [6, 6.07) is 3.99. The predicted octanol–water partition coefficient (Wildman–Crippen LogP) is 1.14. The van der Waals surface area contributed by atoms with E-state index in [-0.39, 0.29) is 36.4 Å². The zero-order valence-electron chi connectivity index (χ0n) is 13.8. The Morgan fingerprint density at radius 2 is 2.17 bits per heavy atom. The molecule has 1 aromatic carbocycles. The lowest BCUT2D eigenvalue weighted by atomic mass is 10.1. The van der Waals surface area contributed by atoms with E-state index in [2.05, 4.69) is 5.32 Å². The third-order valence-electron chi connectivity index (χ3n) is 4.22. The van der Waals surface area contributed by atoms with Crippen LogP contribution in [-0.4, -0.2) is 44.3 Å². The van der Waals surface area contributed by atoms with Crippen molar-refractivity contribution in [3.63, 3.8) is 0 Å². The topological polar surface area (TPSA) is 92.5 Å². The number of rotatable bonds is 6. The van der Waals surface area contributed by atoms with E-state index in [9.17, 15) is 17.6 Å². The second kappa shape index (κ2) is 8.04. The highest BCUT2D eigenvalue weighted by atomic mass is 32.2. The van der Waals surface area contributed by atoms with Gasteiger partial charge in [0.05, 0.1) is 0 Å². The van der Waals surface area contributed by atoms with Crippen LogP contribution in [0.15, 0.2) is 23.1 Å². The molecule has 1 heterocycles. The van der Waals surface area contributed by atoms with Gasteiger partial charge in [-0.3, -0.25) is 4.79 Å². The highest BCUT2D eigenvalue weighted by Crippen LogP contribution is 2.27. The maximum absolute atomic E-state index is 14.3. The monoisotopic (exact) mass is 357 g/mol. The van der Waals surface area contributed by atoms with Gasteiger partial charge in [0.25, 0.3) is 0 Å². The number of hydrogen-bond donors (Lipinski definition) is 2. The Balaban J connectivity index is 2.22. The first kappa shape index (κ1) is 18.8. The van der Waals surface area contributed by atoms with E-state index >= 15 is 0 Å². The Hall–Kier alpha value is -1.51. The Morgan fingerprint density at radius 3 is 2.88 bits per heavy atom. The number of piperidine rings is 1. The van der Waals surface area contributed by atoms with Gasteiger partial charge >= 0.3 is 0 Å². The third kappa shape index (κ3) is 4.12. The smallest absolute Gasteiger partial charge is 0.246 e. The van der Waals surface area contributed by atoms with Crippen molar-refractivity contribution in [1.82, 2.24) is 9.62 Å². The first-order chi connectivity index (χ1) is 11.4. The Labute approximate surface area is 142 Å². The molecule has 24 heavy (non-hydrogen) atoms. The summed E-state index contributed by atoms with van der Waals surface area (Å²) in [5.74, 6) is -0.920. The Morgan fingerprint density at radius 1 is 1.42 bits per heavy atom. The van der Waals surface area contributed by atoms with Crippen LogP contribution >= 0.6 is 0 Å². The molecule has 0 bridgehead atoms. The van der Waals surface area contributed by atoms with Gasteiger partial charge in [-0.15, -0.1) is 0 Å². The number of nitrogens with zero attached hydrogens (tertiary/aromatic N) is 1. The van der Waals surface area contributed by atoms with Crippen LogP contribution in [0.4, 0.5) is 4.39 Å². The highest BCUT2D eigenvalue weighted by Gasteiger charge is 2.35. The average Bonchev–Trinajstić information content (AvgIpc) is 2.56. The summed E-state index contributed by atoms with van der Waals surface area (Å²) in [4.78, 5) is 11.3. The van der Waals surface area contributed by atoms with E-state index in [0.29, 0.717) is 18.5 Å². The molecule has 1 aliphatic heterocycles. The van der Waals surface area contributed by atoms with Crippen LogP contribution in [0.1, 0.15) is 31.2 Å². The Kier molecular flexibility index (Phi) is 6.31. The van der Waals surface area contributed by atoms with Gasteiger partial charge in [-0.2, -0.15) is 4.31 Å². The van der Waals surface area contributed by atoms with Crippen LogP contribution in [0.3, 0.4) is 0 Å². The number of carbonyl (C=O) groups is 1. The summed E-state index contributed by atoms with van der Waals surface area (Å²) in [6.45, 7) is 2.32. The first-order valence-electron chi connectivity index (χ1n) is 8.11. The van der Waals surface area contributed by atoms with Gasteiger partial charge in [0.2, 0.25) is 15.9 Å². The lowest BCUT2D eigenvalue weighted by Gasteiger charge is -2.34. The van der Waals surface area contributed by atoms with Crippen LogP contribution in [-0.2, 0) is 14.8 Å². The molecular weight excluding hydrogens is 333 g/mol. The lowest BCUT2D eigenvalue weighted by molar-refractivity contribution is -0.121. The number of halogens is 1. The SMILES string of the molecule is Cc1cccc(S(=O)(=O)N2CCCCC2CNC(=O)CCN)c1F. The van der Waals surface area contributed by atoms with Gasteiger partial charge in [0.15, 0.2) is 0 Å². The van der Waals surface area contributed by atoms with Crippen LogP contribution < -0.4 is 11.1 Å². The zero-order valence-corrected chi connectivity index (χ0v) is 14.6. The van der Waals surface area contributed by atoms with E-state index in [1.54, 1.807) is 0 Å². The maximum atomic E-state index is 14.3. The van der Waals surface area contributed by atoms with Gasteiger partial charge in [0.1, 0.15) is 10.7 Å². The largest absolute Gasteiger partial charge is 0.354 e. The van der Waals surface area contributed by atoms with E-state index < -0.39 is 15.8 Å². The molecule has 1 fully saturated rings. The van der Waals surface area contributed by atoms with Gasteiger partial charge in [-0.05, 0) is 31.4 Å². The van der Waals surface area contributed by atoms with E-state index in [1.165, 1.54) is 29.4 Å². The number of carbonyl (C=O) groups excluding carboxylic acids is 1. The minimum atomic E-state index is -3.94. The highest BCUT2D eigenvalue weighted by molar-refractivity contribution is 7.89. The van der Waals surface area contributed by atoms with Gasteiger partial charge in [0, 0.05) is 32.1 Å². The Bertz CT molecular complexity index is 694. The number of nitrogens with one attached hydrogen (secondary N) is 1. The standard InChI is InChI=1S/C16H24FN3O3S/c1-12-5-4-7-14(16(12)17)24(22,23)20-10-3-2-6-13(20)11-19-15(21)8-9-18/h4-5,7,13H,2-3,6,8-11,18H2,1H3,(H,19,21). The summed E-state index contributed by atoms with van der Waals surface area (Å²) in [7, 11) is -3.94. The fourth-order valence-corrected chi connectivity index (χ4v) is 4.72. The maximum Gasteiger partial charge on any atom is 0.246 e. The molecule has 1 atom stereocenters. The van der Waals surface area contributed by atoms with Crippen LogP contribution in [0.2, 0.25) is 0 Å². The van der Waals surface area contributed by atoms with Crippen molar-refractivity contribution < 1.29 is 17.6 Å². The molecule has 6 nitrogen and oxygen atoms in total. The van der Waals surface area contributed by atoms with Crippen LogP contribution in [0.5, 0.6) is 0 Å². The second-order valence-corrected chi connectivity index (χ2v) is 7.85. The molecule has 1 aliphatic rings. The normalized spacial score (nSPS) is 19.2. The third-order valence-corrected chi connectivity index (χ3v) is 6.19. The van der Waals surface area contributed by atoms with Crippen molar-refractivity contribution in [3.05, 3.63) is 29.6 Å². The molecule has 1 amide bonds. The molecule has 8 heteroatoms. The zero-order chi connectivity index (χ0) is 17.7. The fourth-order valence-electron chi connectivity index (χ4n) is 2.89. The minimum absolute atomic E-state index is 0.200. The van der Waals surface area contributed by atoms with E-state index in [4.69, 9.17) is 5.73 Å². The molecule has 0 saturated carbocycles.